The summed E-state index contributed by atoms with van der Waals surface area (Å²) in [4.78, 5) is 44.2. The third-order valence-electron chi connectivity index (χ3n) is 5.55. The van der Waals surface area contributed by atoms with Gasteiger partial charge in [-0.3, -0.25) is 14.4 Å². The molecule has 0 bridgehead atoms. The molecule has 4 rings (SSSR count). The van der Waals surface area contributed by atoms with Gasteiger partial charge >= 0.3 is 0 Å². The second-order valence-corrected chi connectivity index (χ2v) is 8.13. The first-order valence-corrected chi connectivity index (χ1v) is 10.6. The van der Waals surface area contributed by atoms with Crippen molar-refractivity contribution in [2.45, 2.75) is 38.8 Å². The quantitative estimate of drug-likeness (QED) is 0.516. The Morgan fingerprint density at radius 1 is 1.00 bits per heavy atom. The molecule has 0 unspecified atom stereocenters. The molecule has 8 nitrogen and oxygen atoms in total. The molecule has 8 heteroatoms. The molecule has 1 aliphatic carbocycles. The molecule has 168 valence electrons. The number of Topliss-reactive ketones (excluding diaryl/α,β-unsaturated/α-hetero) is 1. The van der Waals surface area contributed by atoms with Crippen LogP contribution in [0.2, 0.25) is 0 Å². The lowest BCUT2D eigenvalue weighted by atomic mass is 10.1. The molecule has 0 radical (unpaired) electrons. The summed E-state index contributed by atoms with van der Waals surface area (Å²) in [5.41, 5.74) is 1.86. The maximum atomic E-state index is 12.7. The van der Waals surface area contributed by atoms with Crippen LogP contribution in [0.3, 0.4) is 0 Å². The van der Waals surface area contributed by atoms with Crippen molar-refractivity contribution in [3.8, 4) is 11.5 Å². The summed E-state index contributed by atoms with van der Waals surface area (Å²) >= 11 is 0. The summed E-state index contributed by atoms with van der Waals surface area (Å²) in [6, 6.07) is 12.7. The normalized spacial score (nSPS) is 13.6. The molecule has 3 aromatic rings. The number of rotatable bonds is 8. The van der Waals surface area contributed by atoms with Crippen molar-refractivity contribution >= 4 is 17.6 Å². The molecule has 0 saturated heterocycles. The molecule has 2 N–H and O–H groups in total. The van der Waals surface area contributed by atoms with Gasteiger partial charge in [-0.1, -0.05) is 12.1 Å². The molecular weight excluding hydrogens is 420 g/mol. The molecule has 0 atom stereocenters. The van der Waals surface area contributed by atoms with Gasteiger partial charge in [0, 0.05) is 24.5 Å². The number of hydrogen-bond acceptors (Lipinski definition) is 6. The van der Waals surface area contributed by atoms with Gasteiger partial charge in [-0.15, -0.1) is 0 Å². The minimum Gasteiger partial charge on any atom is -0.457 e. The molecule has 1 aromatic heterocycles. The molecule has 33 heavy (non-hydrogen) atoms. The predicted octanol–water partition coefficient (Wildman–Crippen LogP) is 3.36. The minimum atomic E-state index is -0.875. The molecule has 1 aliphatic rings. The second kappa shape index (κ2) is 9.20. The highest BCUT2D eigenvalue weighted by Gasteiger charge is 2.51. The summed E-state index contributed by atoms with van der Waals surface area (Å²) in [5.74, 6) is 0.763. The lowest BCUT2D eigenvalue weighted by Gasteiger charge is -2.17. The summed E-state index contributed by atoms with van der Waals surface area (Å²) in [6.45, 7) is 3.75. The lowest BCUT2D eigenvalue weighted by molar-refractivity contribution is -0.124. The first-order chi connectivity index (χ1) is 15.9. The summed E-state index contributed by atoms with van der Waals surface area (Å²) in [6.07, 6.45) is 5.36. The Labute approximate surface area is 191 Å². The maximum absolute atomic E-state index is 12.7. The van der Waals surface area contributed by atoms with Gasteiger partial charge in [-0.25, -0.2) is 9.97 Å². The molecule has 2 aromatic carbocycles. The first kappa shape index (κ1) is 22.1. The average Bonchev–Trinajstić information content (AvgIpc) is 3.60. The number of ether oxygens (including phenoxy) is 1. The topological polar surface area (TPSA) is 110 Å². The fraction of sp³-hybridized carbons (Fsp3) is 0.240. The summed E-state index contributed by atoms with van der Waals surface area (Å²) in [7, 11) is 0. The van der Waals surface area contributed by atoms with E-state index in [1.807, 2.05) is 31.2 Å². The number of nitrogens with zero attached hydrogens (tertiary/aromatic N) is 2. The van der Waals surface area contributed by atoms with Crippen LogP contribution < -0.4 is 15.4 Å². The van der Waals surface area contributed by atoms with Gasteiger partial charge in [-0.05, 0) is 68.1 Å². The van der Waals surface area contributed by atoms with Crippen molar-refractivity contribution in [3.05, 3.63) is 83.4 Å². The van der Waals surface area contributed by atoms with E-state index in [0.29, 0.717) is 42.0 Å². The van der Waals surface area contributed by atoms with Crippen molar-refractivity contribution in [1.29, 1.82) is 0 Å². The number of aryl methyl sites for hydroxylation is 1. The highest BCUT2D eigenvalue weighted by molar-refractivity contribution is 6.00. The Bertz CT molecular complexity index is 1190. The Hall–Kier alpha value is -4.07. The third kappa shape index (κ3) is 5.23. The Morgan fingerprint density at radius 3 is 2.30 bits per heavy atom. The van der Waals surface area contributed by atoms with E-state index in [4.69, 9.17) is 4.74 Å². The van der Waals surface area contributed by atoms with Crippen LogP contribution in [0.1, 0.15) is 51.6 Å². The van der Waals surface area contributed by atoms with Gasteiger partial charge in [0.15, 0.2) is 5.78 Å². The van der Waals surface area contributed by atoms with Gasteiger partial charge in [0.1, 0.15) is 23.4 Å². The van der Waals surface area contributed by atoms with E-state index >= 15 is 0 Å². The van der Waals surface area contributed by atoms with E-state index in [0.717, 1.165) is 11.1 Å². The number of ketones is 1. The van der Waals surface area contributed by atoms with E-state index in [2.05, 4.69) is 20.6 Å². The highest BCUT2D eigenvalue weighted by atomic mass is 16.5. The van der Waals surface area contributed by atoms with Crippen molar-refractivity contribution in [3.63, 3.8) is 0 Å². The maximum Gasteiger partial charge on any atom is 0.255 e. The predicted molar refractivity (Wildman–Crippen MR) is 121 cm³/mol. The van der Waals surface area contributed by atoms with E-state index in [1.54, 1.807) is 18.2 Å². The molecule has 0 spiro atoms. The molecule has 1 fully saturated rings. The van der Waals surface area contributed by atoms with Crippen molar-refractivity contribution in [2.24, 2.45) is 0 Å². The van der Waals surface area contributed by atoms with Crippen LogP contribution in [0, 0.1) is 6.92 Å². The monoisotopic (exact) mass is 444 g/mol. The number of aromatic nitrogens is 2. The standard InChI is InChI=1S/C25H24N4O4/c1-16-11-19(17(2)30)5-8-22(16)33-21-6-3-18(4-7-21)12-28-24(32)25(9-10-25)29-23(31)20-13-26-15-27-14-20/h3-8,11,13-15H,9-10,12H2,1-2H3,(H,28,32)(H,29,31). The molecule has 2 amide bonds. The van der Waals surface area contributed by atoms with Crippen LogP contribution in [0.4, 0.5) is 0 Å². The van der Waals surface area contributed by atoms with Gasteiger partial charge in [-0.2, -0.15) is 0 Å². The summed E-state index contributed by atoms with van der Waals surface area (Å²) in [5, 5.41) is 5.70. The van der Waals surface area contributed by atoms with Crippen LogP contribution in [-0.4, -0.2) is 33.1 Å². The zero-order valence-corrected chi connectivity index (χ0v) is 18.4. The van der Waals surface area contributed by atoms with Crippen LogP contribution in [0.15, 0.2) is 61.2 Å². The number of benzene rings is 2. The number of carbonyl (C=O) groups excluding carboxylic acids is 3. The average molecular weight is 444 g/mol. The third-order valence-corrected chi connectivity index (χ3v) is 5.55. The fourth-order valence-corrected chi connectivity index (χ4v) is 3.38. The number of carbonyl (C=O) groups is 3. The number of hydrogen-bond donors (Lipinski definition) is 2. The number of nitrogens with one attached hydrogen (secondary N) is 2. The van der Waals surface area contributed by atoms with Gasteiger partial charge in [0.2, 0.25) is 5.91 Å². The largest absolute Gasteiger partial charge is 0.457 e. The van der Waals surface area contributed by atoms with E-state index < -0.39 is 5.54 Å². The molecular formula is C25H24N4O4. The van der Waals surface area contributed by atoms with Gasteiger partial charge in [0.05, 0.1) is 5.56 Å². The molecule has 1 saturated carbocycles. The lowest BCUT2D eigenvalue weighted by Crippen LogP contribution is -2.48. The smallest absolute Gasteiger partial charge is 0.255 e. The first-order valence-electron chi connectivity index (χ1n) is 10.6. The molecule has 1 heterocycles. The number of amides is 2. The van der Waals surface area contributed by atoms with Crippen molar-refractivity contribution in [2.75, 3.05) is 0 Å². The van der Waals surface area contributed by atoms with Crippen LogP contribution in [-0.2, 0) is 11.3 Å². The van der Waals surface area contributed by atoms with Crippen LogP contribution in [0.5, 0.6) is 11.5 Å². The van der Waals surface area contributed by atoms with E-state index in [-0.39, 0.29) is 17.6 Å². The van der Waals surface area contributed by atoms with Crippen LogP contribution >= 0.6 is 0 Å². The van der Waals surface area contributed by atoms with E-state index in [9.17, 15) is 14.4 Å². The van der Waals surface area contributed by atoms with E-state index in [1.165, 1.54) is 25.6 Å². The SMILES string of the molecule is CC(=O)c1ccc(Oc2ccc(CNC(=O)C3(NC(=O)c4cncnc4)CC3)cc2)c(C)c1. The zero-order valence-electron chi connectivity index (χ0n) is 18.4. The van der Waals surface area contributed by atoms with Crippen molar-refractivity contribution < 1.29 is 19.1 Å². The zero-order chi connectivity index (χ0) is 23.4. The van der Waals surface area contributed by atoms with Gasteiger partial charge < -0.3 is 15.4 Å². The Morgan fingerprint density at radius 2 is 1.70 bits per heavy atom. The highest BCUT2D eigenvalue weighted by Crippen LogP contribution is 2.36. The van der Waals surface area contributed by atoms with Crippen LogP contribution in [0.25, 0.3) is 0 Å². The van der Waals surface area contributed by atoms with Crippen molar-refractivity contribution in [1.82, 2.24) is 20.6 Å². The minimum absolute atomic E-state index is 0.0117. The fourth-order valence-electron chi connectivity index (χ4n) is 3.38. The van der Waals surface area contributed by atoms with Gasteiger partial charge in [0.25, 0.3) is 5.91 Å². The second-order valence-electron chi connectivity index (χ2n) is 8.13. The Kier molecular flexibility index (Phi) is 6.17. The molecule has 0 aliphatic heterocycles. The summed E-state index contributed by atoms with van der Waals surface area (Å²) < 4.78 is 5.92. The Balaban J connectivity index is 1.32.